The third kappa shape index (κ3) is 6.91. The zero-order valence-electron chi connectivity index (χ0n) is 10.3. The quantitative estimate of drug-likeness (QED) is 0.626. The molecule has 0 bridgehead atoms. The van der Waals surface area contributed by atoms with Gasteiger partial charge in [-0.15, -0.1) is 0 Å². The van der Waals surface area contributed by atoms with Crippen LogP contribution in [0.5, 0.6) is 0 Å². The van der Waals surface area contributed by atoms with Crippen LogP contribution < -0.4 is 5.32 Å². The van der Waals surface area contributed by atoms with Crippen LogP contribution in [0.25, 0.3) is 0 Å². The van der Waals surface area contributed by atoms with Crippen LogP contribution in [-0.2, 0) is 4.74 Å². The molecule has 0 radical (unpaired) electrons. The van der Waals surface area contributed by atoms with Crippen LogP contribution in [0.3, 0.4) is 0 Å². The molecule has 1 aliphatic carbocycles. The van der Waals surface area contributed by atoms with Gasteiger partial charge in [0.15, 0.2) is 0 Å². The normalized spacial score (nSPS) is 18.2. The number of hydrogen-bond donors (Lipinski definition) is 1. The number of rotatable bonds is 8. The van der Waals surface area contributed by atoms with Crippen molar-refractivity contribution < 1.29 is 4.74 Å². The fraction of sp³-hybridized carbons (Fsp3) is 1.00. The van der Waals surface area contributed by atoms with Crippen LogP contribution in [0, 0.1) is 0 Å². The Balaban J connectivity index is 1.79. The minimum absolute atomic E-state index is 0.578. The molecule has 90 valence electrons. The summed E-state index contributed by atoms with van der Waals surface area (Å²) in [6.45, 7) is 5.46. The molecule has 1 fully saturated rings. The number of nitrogens with one attached hydrogen (secondary N) is 1. The highest BCUT2D eigenvalue weighted by molar-refractivity contribution is 4.65. The first-order valence-electron chi connectivity index (χ1n) is 6.76. The molecule has 1 aliphatic rings. The van der Waals surface area contributed by atoms with Crippen LogP contribution in [0.2, 0.25) is 0 Å². The Morgan fingerprint density at radius 3 is 2.53 bits per heavy atom. The standard InChI is InChI=1S/C13H27NO/c1-2-3-10-14-11-7-12-15-13-8-5-4-6-9-13/h13-14H,2-12H2,1H3. The minimum Gasteiger partial charge on any atom is -0.378 e. The SMILES string of the molecule is CCCCNCCCOC1CCCCC1. The Kier molecular flexibility index (Phi) is 7.94. The molecule has 0 atom stereocenters. The van der Waals surface area contributed by atoms with Crippen molar-refractivity contribution in [3.05, 3.63) is 0 Å². The molecule has 0 aromatic carbocycles. The summed E-state index contributed by atoms with van der Waals surface area (Å²) < 4.78 is 5.85. The fourth-order valence-electron chi connectivity index (χ4n) is 2.11. The van der Waals surface area contributed by atoms with Gasteiger partial charge in [-0.05, 0) is 38.8 Å². The van der Waals surface area contributed by atoms with E-state index in [1.165, 1.54) is 57.9 Å². The first-order chi connectivity index (χ1) is 7.43. The second-order valence-corrected chi connectivity index (χ2v) is 4.59. The molecule has 0 aliphatic heterocycles. The Hall–Kier alpha value is -0.0800. The molecule has 2 nitrogen and oxygen atoms in total. The molecule has 15 heavy (non-hydrogen) atoms. The van der Waals surface area contributed by atoms with Crippen molar-refractivity contribution in [2.75, 3.05) is 19.7 Å². The molecule has 0 aromatic rings. The van der Waals surface area contributed by atoms with E-state index in [0.29, 0.717) is 6.10 Å². The monoisotopic (exact) mass is 213 g/mol. The second-order valence-electron chi connectivity index (χ2n) is 4.59. The molecule has 0 amide bonds. The number of ether oxygens (including phenoxy) is 1. The summed E-state index contributed by atoms with van der Waals surface area (Å²) in [5.74, 6) is 0. The summed E-state index contributed by atoms with van der Waals surface area (Å²) in [7, 11) is 0. The summed E-state index contributed by atoms with van der Waals surface area (Å²) in [6.07, 6.45) is 11.1. The van der Waals surface area contributed by atoms with Gasteiger partial charge in [-0.3, -0.25) is 0 Å². The first kappa shape index (κ1) is 13.0. The molecular weight excluding hydrogens is 186 g/mol. The van der Waals surface area contributed by atoms with Gasteiger partial charge in [0.25, 0.3) is 0 Å². The molecule has 0 saturated heterocycles. The number of hydrogen-bond acceptors (Lipinski definition) is 2. The lowest BCUT2D eigenvalue weighted by Crippen LogP contribution is -2.21. The van der Waals surface area contributed by atoms with Crippen molar-refractivity contribution in [1.29, 1.82) is 0 Å². The van der Waals surface area contributed by atoms with Crippen molar-refractivity contribution in [3.8, 4) is 0 Å². The molecule has 1 N–H and O–H groups in total. The highest BCUT2D eigenvalue weighted by Crippen LogP contribution is 2.20. The molecule has 0 spiro atoms. The van der Waals surface area contributed by atoms with Gasteiger partial charge in [0, 0.05) is 6.61 Å². The smallest absolute Gasteiger partial charge is 0.0575 e. The van der Waals surface area contributed by atoms with Crippen molar-refractivity contribution in [2.24, 2.45) is 0 Å². The topological polar surface area (TPSA) is 21.3 Å². The van der Waals surface area contributed by atoms with Gasteiger partial charge in [-0.2, -0.15) is 0 Å². The molecule has 1 rings (SSSR count). The lowest BCUT2D eigenvalue weighted by Gasteiger charge is -2.21. The summed E-state index contributed by atoms with van der Waals surface area (Å²) in [5, 5.41) is 3.44. The third-order valence-corrected chi connectivity index (χ3v) is 3.11. The zero-order chi connectivity index (χ0) is 10.8. The van der Waals surface area contributed by atoms with E-state index in [0.717, 1.165) is 13.2 Å². The van der Waals surface area contributed by atoms with Gasteiger partial charge < -0.3 is 10.1 Å². The van der Waals surface area contributed by atoms with Crippen LogP contribution in [0.4, 0.5) is 0 Å². The Labute approximate surface area is 94.8 Å². The molecule has 0 heterocycles. The lowest BCUT2D eigenvalue weighted by atomic mass is 9.98. The highest BCUT2D eigenvalue weighted by atomic mass is 16.5. The van der Waals surface area contributed by atoms with Crippen molar-refractivity contribution in [1.82, 2.24) is 5.32 Å². The Bertz CT molecular complexity index is 132. The van der Waals surface area contributed by atoms with Gasteiger partial charge >= 0.3 is 0 Å². The maximum absolute atomic E-state index is 5.85. The summed E-state index contributed by atoms with van der Waals surface area (Å²) >= 11 is 0. The molecule has 1 saturated carbocycles. The molecular formula is C13H27NO. The van der Waals surface area contributed by atoms with Crippen LogP contribution >= 0.6 is 0 Å². The predicted molar refractivity (Wildman–Crippen MR) is 65.2 cm³/mol. The van der Waals surface area contributed by atoms with Gasteiger partial charge in [-0.25, -0.2) is 0 Å². The zero-order valence-corrected chi connectivity index (χ0v) is 10.3. The Morgan fingerprint density at radius 2 is 1.80 bits per heavy atom. The van der Waals surface area contributed by atoms with E-state index in [2.05, 4.69) is 12.2 Å². The van der Waals surface area contributed by atoms with E-state index in [1.54, 1.807) is 0 Å². The van der Waals surface area contributed by atoms with E-state index < -0.39 is 0 Å². The predicted octanol–water partition coefficient (Wildman–Crippen LogP) is 3.12. The average molecular weight is 213 g/mol. The number of unbranched alkanes of at least 4 members (excludes halogenated alkanes) is 1. The van der Waals surface area contributed by atoms with E-state index in [1.807, 2.05) is 0 Å². The van der Waals surface area contributed by atoms with Crippen molar-refractivity contribution >= 4 is 0 Å². The highest BCUT2D eigenvalue weighted by Gasteiger charge is 2.12. The van der Waals surface area contributed by atoms with Crippen LogP contribution in [0.15, 0.2) is 0 Å². The maximum atomic E-state index is 5.85. The fourth-order valence-corrected chi connectivity index (χ4v) is 2.11. The summed E-state index contributed by atoms with van der Waals surface area (Å²) in [4.78, 5) is 0. The van der Waals surface area contributed by atoms with Crippen LogP contribution in [0.1, 0.15) is 58.3 Å². The van der Waals surface area contributed by atoms with Gasteiger partial charge in [-0.1, -0.05) is 32.6 Å². The molecule has 2 heteroatoms. The van der Waals surface area contributed by atoms with E-state index in [9.17, 15) is 0 Å². The first-order valence-corrected chi connectivity index (χ1v) is 6.76. The summed E-state index contributed by atoms with van der Waals surface area (Å²) in [5.41, 5.74) is 0. The van der Waals surface area contributed by atoms with E-state index in [4.69, 9.17) is 4.74 Å². The van der Waals surface area contributed by atoms with E-state index in [-0.39, 0.29) is 0 Å². The second kappa shape index (κ2) is 9.17. The third-order valence-electron chi connectivity index (χ3n) is 3.11. The van der Waals surface area contributed by atoms with Crippen molar-refractivity contribution in [3.63, 3.8) is 0 Å². The van der Waals surface area contributed by atoms with E-state index >= 15 is 0 Å². The largest absolute Gasteiger partial charge is 0.378 e. The van der Waals surface area contributed by atoms with Gasteiger partial charge in [0.05, 0.1) is 6.10 Å². The Morgan fingerprint density at radius 1 is 1.07 bits per heavy atom. The average Bonchev–Trinajstić information content (AvgIpc) is 2.29. The van der Waals surface area contributed by atoms with Gasteiger partial charge in [0.1, 0.15) is 0 Å². The molecule has 0 aromatic heterocycles. The van der Waals surface area contributed by atoms with Crippen molar-refractivity contribution in [2.45, 2.75) is 64.4 Å². The van der Waals surface area contributed by atoms with Crippen LogP contribution in [-0.4, -0.2) is 25.8 Å². The lowest BCUT2D eigenvalue weighted by molar-refractivity contribution is 0.0273. The molecule has 0 unspecified atom stereocenters. The maximum Gasteiger partial charge on any atom is 0.0575 e. The summed E-state index contributed by atoms with van der Waals surface area (Å²) in [6, 6.07) is 0. The minimum atomic E-state index is 0.578. The van der Waals surface area contributed by atoms with Gasteiger partial charge in [0.2, 0.25) is 0 Å².